The van der Waals surface area contributed by atoms with Crippen LogP contribution < -0.4 is 5.32 Å². The van der Waals surface area contributed by atoms with E-state index in [4.69, 9.17) is 0 Å². The Morgan fingerprint density at radius 2 is 1.71 bits per heavy atom. The molecule has 0 aromatic carbocycles. The van der Waals surface area contributed by atoms with Crippen molar-refractivity contribution in [3.8, 4) is 0 Å². The second-order valence-corrected chi connectivity index (χ2v) is 6.43. The maximum atomic E-state index is 3.96. The zero-order chi connectivity index (χ0) is 12.1. The van der Waals surface area contributed by atoms with E-state index in [1.54, 1.807) is 0 Å². The number of nitrogens with one attached hydrogen (secondary N) is 1. The highest BCUT2D eigenvalue weighted by Crippen LogP contribution is 2.34. The van der Waals surface area contributed by atoms with Crippen LogP contribution in [-0.2, 0) is 0 Å². The van der Waals surface area contributed by atoms with Gasteiger partial charge in [-0.25, -0.2) is 0 Å². The zero-order valence-corrected chi connectivity index (χ0v) is 11.9. The summed E-state index contributed by atoms with van der Waals surface area (Å²) in [5.74, 6) is 2.09. The largest absolute Gasteiger partial charge is 0.311 e. The third-order valence-corrected chi connectivity index (χ3v) is 4.94. The van der Waals surface area contributed by atoms with E-state index >= 15 is 0 Å². The molecule has 2 fully saturated rings. The second-order valence-electron chi connectivity index (χ2n) is 6.43. The molecule has 0 heterocycles. The predicted molar refractivity (Wildman–Crippen MR) is 75.2 cm³/mol. The van der Waals surface area contributed by atoms with Crippen molar-refractivity contribution < 1.29 is 0 Å². The van der Waals surface area contributed by atoms with Gasteiger partial charge in [-0.3, -0.25) is 0 Å². The molecule has 1 heteroatoms. The zero-order valence-electron chi connectivity index (χ0n) is 11.9. The van der Waals surface area contributed by atoms with Gasteiger partial charge in [0.05, 0.1) is 0 Å². The third kappa shape index (κ3) is 4.62. The molecule has 0 bridgehead atoms. The van der Waals surface area contributed by atoms with Gasteiger partial charge in [0.15, 0.2) is 0 Å². The van der Waals surface area contributed by atoms with E-state index < -0.39 is 0 Å². The first kappa shape index (κ1) is 13.4. The smallest absolute Gasteiger partial charge is 0.00697 e. The SMILES string of the molecule is CCC1CCCC(NC(CC)CC2CC2)CC1. The summed E-state index contributed by atoms with van der Waals surface area (Å²) in [6.07, 6.45) is 14.4. The van der Waals surface area contributed by atoms with Gasteiger partial charge in [0.2, 0.25) is 0 Å². The van der Waals surface area contributed by atoms with Crippen LogP contribution in [0.4, 0.5) is 0 Å². The van der Waals surface area contributed by atoms with Crippen molar-refractivity contribution in [3.05, 3.63) is 0 Å². The summed E-state index contributed by atoms with van der Waals surface area (Å²) in [5, 5.41) is 3.96. The monoisotopic (exact) mass is 237 g/mol. The van der Waals surface area contributed by atoms with E-state index in [9.17, 15) is 0 Å². The summed E-state index contributed by atoms with van der Waals surface area (Å²) in [4.78, 5) is 0. The van der Waals surface area contributed by atoms with Gasteiger partial charge >= 0.3 is 0 Å². The lowest BCUT2D eigenvalue weighted by Gasteiger charge is -2.24. The van der Waals surface area contributed by atoms with E-state index in [1.165, 1.54) is 64.2 Å². The highest BCUT2D eigenvalue weighted by molar-refractivity contribution is 4.83. The minimum atomic E-state index is 0.811. The summed E-state index contributed by atoms with van der Waals surface area (Å²) >= 11 is 0. The van der Waals surface area contributed by atoms with E-state index in [-0.39, 0.29) is 0 Å². The standard InChI is InChI=1S/C16H31N/c1-3-13-6-5-7-16(11-10-13)17-15(4-2)12-14-8-9-14/h13-17H,3-12H2,1-2H3. The molecule has 0 amide bonds. The summed E-state index contributed by atoms with van der Waals surface area (Å²) in [6, 6.07) is 1.64. The Balaban J connectivity index is 1.72. The molecule has 17 heavy (non-hydrogen) atoms. The van der Waals surface area contributed by atoms with E-state index in [1.807, 2.05) is 0 Å². The van der Waals surface area contributed by atoms with Crippen LogP contribution in [0.3, 0.4) is 0 Å². The van der Waals surface area contributed by atoms with Gasteiger partial charge in [-0.1, -0.05) is 46.0 Å². The predicted octanol–water partition coefficient (Wildman–Crippen LogP) is 4.51. The molecule has 0 spiro atoms. The molecule has 0 aliphatic heterocycles. The molecular formula is C16H31N. The Kier molecular flexibility index (Phi) is 5.34. The lowest BCUT2D eigenvalue weighted by Crippen LogP contribution is -2.38. The summed E-state index contributed by atoms with van der Waals surface area (Å²) < 4.78 is 0. The summed E-state index contributed by atoms with van der Waals surface area (Å²) in [7, 11) is 0. The molecule has 3 unspecified atom stereocenters. The third-order valence-electron chi connectivity index (χ3n) is 4.94. The van der Waals surface area contributed by atoms with E-state index in [2.05, 4.69) is 19.2 Å². The summed E-state index contributed by atoms with van der Waals surface area (Å²) in [6.45, 7) is 4.71. The van der Waals surface area contributed by atoms with Gasteiger partial charge in [0.1, 0.15) is 0 Å². The molecule has 1 N–H and O–H groups in total. The van der Waals surface area contributed by atoms with Gasteiger partial charge in [-0.2, -0.15) is 0 Å². The molecule has 0 radical (unpaired) electrons. The highest BCUT2D eigenvalue weighted by Gasteiger charge is 2.26. The molecule has 0 saturated heterocycles. The van der Waals surface area contributed by atoms with Crippen LogP contribution in [0.2, 0.25) is 0 Å². The van der Waals surface area contributed by atoms with E-state index in [0.29, 0.717) is 0 Å². The fraction of sp³-hybridized carbons (Fsp3) is 1.00. The molecule has 1 nitrogen and oxygen atoms in total. The lowest BCUT2D eigenvalue weighted by molar-refractivity contribution is 0.355. The minimum Gasteiger partial charge on any atom is -0.311 e. The maximum absolute atomic E-state index is 3.96. The Labute approximate surface area is 108 Å². The Bertz CT molecular complexity index is 210. The summed E-state index contributed by atoms with van der Waals surface area (Å²) in [5.41, 5.74) is 0. The van der Waals surface area contributed by atoms with Crippen LogP contribution in [0.15, 0.2) is 0 Å². The normalized spacial score (nSPS) is 32.1. The Morgan fingerprint density at radius 1 is 0.941 bits per heavy atom. The fourth-order valence-electron chi connectivity index (χ4n) is 3.40. The van der Waals surface area contributed by atoms with Crippen molar-refractivity contribution in [2.24, 2.45) is 11.8 Å². The van der Waals surface area contributed by atoms with Gasteiger partial charge in [0, 0.05) is 12.1 Å². The first-order valence-electron chi connectivity index (χ1n) is 8.07. The van der Waals surface area contributed by atoms with Crippen molar-refractivity contribution in [1.29, 1.82) is 0 Å². The van der Waals surface area contributed by atoms with Crippen molar-refractivity contribution in [2.45, 2.75) is 90.1 Å². The molecule has 2 rings (SSSR count). The molecule has 3 atom stereocenters. The van der Waals surface area contributed by atoms with Crippen LogP contribution in [0.1, 0.15) is 78.1 Å². The van der Waals surface area contributed by atoms with Crippen LogP contribution in [0.25, 0.3) is 0 Å². The van der Waals surface area contributed by atoms with Gasteiger partial charge in [-0.05, 0) is 43.9 Å². The van der Waals surface area contributed by atoms with Crippen molar-refractivity contribution in [2.75, 3.05) is 0 Å². The van der Waals surface area contributed by atoms with E-state index in [0.717, 1.165) is 23.9 Å². The molecule has 2 aliphatic rings. The average Bonchev–Trinajstić information content (AvgIpc) is 3.15. The molecule has 2 aliphatic carbocycles. The fourth-order valence-corrected chi connectivity index (χ4v) is 3.40. The first-order valence-corrected chi connectivity index (χ1v) is 8.07. The van der Waals surface area contributed by atoms with Crippen molar-refractivity contribution in [3.63, 3.8) is 0 Å². The second kappa shape index (κ2) is 6.78. The van der Waals surface area contributed by atoms with Crippen molar-refractivity contribution in [1.82, 2.24) is 5.32 Å². The Hall–Kier alpha value is -0.0400. The molecule has 100 valence electrons. The average molecular weight is 237 g/mol. The van der Waals surface area contributed by atoms with Gasteiger partial charge < -0.3 is 5.32 Å². The lowest BCUT2D eigenvalue weighted by atomic mass is 9.97. The topological polar surface area (TPSA) is 12.0 Å². The Morgan fingerprint density at radius 3 is 2.35 bits per heavy atom. The van der Waals surface area contributed by atoms with Gasteiger partial charge in [-0.15, -0.1) is 0 Å². The number of hydrogen-bond donors (Lipinski definition) is 1. The molecular weight excluding hydrogens is 206 g/mol. The number of rotatable bonds is 6. The van der Waals surface area contributed by atoms with Crippen LogP contribution in [0, 0.1) is 11.8 Å². The quantitative estimate of drug-likeness (QED) is 0.670. The molecule has 0 aromatic heterocycles. The van der Waals surface area contributed by atoms with Crippen molar-refractivity contribution >= 4 is 0 Å². The van der Waals surface area contributed by atoms with Crippen LogP contribution in [0.5, 0.6) is 0 Å². The maximum Gasteiger partial charge on any atom is 0.00697 e. The highest BCUT2D eigenvalue weighted by atomic mass is 14.9. The number of hydrogen-bond acceptors (Lipinski definition) is 1. The van der Waals surface area contributed by atoms with Crippen LogP contribution >= 0.6 is 0 Å². The molecule has 0 aromatic rings. The van der Waals surface area contributed by atoms with Crippen LogP contribution in [-0.4, -0.2) is 12.1 Å². The minimum absolute atomic E-state index is 0.811. The first-order chi connectivity index (χ1) is 8.31. The molecule has 2 saturated carbocycles. The van der Waals surface area contributed by atoms with Gasteiger partial charge in [0.25, 0.3) is 0 Å².